The molecule has 4 aromatic carbocycles. The number of nitrogens with zero attached hydrogens (tertiary/aromatic N) is 4. The number of hydrogen-bond donors (Lipinski definition) is 0. The van der Waals surface area contributed by atoms with Crippen molar-refractivity contribution in [2.45, 2.75) is 156 Å². The van der Waals surface area contributed by atoms with Crippen LogP contribution in [0.3, 0.4) is 0 Å². The first-order valence-electron chi connectivity index (χ1n) is 28.0. The number of hydrogen-bond acceptors (Lipinski definition) is 2. The van der Waals surface area contributed by atoms with Gasteiger partial charge in [-0.05, 0) is 142 Å². The largest absolute Gasteiger partial charge is 2.00 e. The number of fused-ring (bicyclic) bond motifs is 8. The van der Waals surface area contributed by atoms with Gasteiger partial charge in [0.2, 0.25) is 0 Å². The van der Waals surface area contributed by atoms with Crippen LogP contribution in [0.25, 0.3) is 90.9 Å². The Morgan fingerprint density at radius 3 is 0.699 bits per heavy atom. The minimum atomic E-state index is 0. The molecule has 3 aromatic heterocycles. The van der Waals surface area contributed by atoms with Crippen LogP contribution in [0.2, 0.25) is 0 Å². The molecule has 0 N–H and O–H groups in total. The first-order chi connectivity index (χ1) is 35.5. The van der Waals surface area contributed by atoms with Gasteiger partial charge in [-0.25, -0.2) is 9.97 Å². The Labute approximate surface area is 447 Å². The zero-order valence-corrected chi connectivity index (χ0v) is 45.2. The number of aromatic nitrogens is 4. The Hall–Kier alpha value is -6.01. The van der Waals surface area contributed by atoms with Gasteiger partial charge in [0.1, 0.15) is 0 Å². The van der Waals surface area contributed by atoms with E-state index >= 15 is 0 Å². The zero-order chi connectivity index (χ0) is 49.5. The van der Waals surface area contributed by atoms with Crippen LogP contribution in [0.4, 0.5) is 0 Å². The standard InChI is InChI=1S/C68H76N4.Co/c1-5-9-13-17-21-49-25-33-53(34-26-49)65-57-41-43-59(69-57)66(54-35-27-50(28-36-54)22-18-14-10-6-2)61-45-47-63(71-61)68(56-39-31-52(32-40-56)24-20-16-12-8-4)64-48-46-62(72-64)67(60-44-42-58(65)70-60)55-37-29-51(30-38-55)23-19-15-11-7-3;/h25-48H,5-24H2,1-4H3;/q-2;+2. The summed E-state index contributed by atoms with van der Waals surface area (Å²) in [4.78, 5) is 22.3. The molecule has 0 fully saturated rings. The van der Waals surface area contributed by atoms with Gasteiger partial charge >= 0.3 is 16.8 Å². The molecule has 9 rings (SSSR count). The SMILES string of the molecule is CCCCCCc1ccc(-c2c3nc(c(-c4ccc(CCCCCC)cc4)c4ccc([n-]4)c(-c4ccc(CCCCCC)cc4)c4nc(c(-c5ccc(CCCCCC)cc5)c5ccc2[n-]5)C=C4)C=C3)cc1.[Co+2]. The molecule has 0 aliphatic carbocycles. The summed E-state index contributed by atoms with van der Waals surface area (Å²) in [6.07, 6.45) is 33.1. The number of aryl methyl sites for hydroxylation is 4. The summed E-state index contributed by atoms with van der Waals surface area (Å²) in [6.45, 7) is 9.11. The maximum atomic E-state index is 5.58. The van der Waals surface area contributed by atoms with Gasteiger partial charge in [0.15, 0.2) is 0 Å². The van der Waals surface area contributed by atoms with E-state index in [1.165, 1.54) is 125 Å². The van der Waals surface area contributed by atoms with Crippen molar-refractivity contribution in [3.05, 3.63) is 166 Å². The molecule has 73 heavy (non-hydrogen) atoms. The average Bonchev–Trinajstić information content (AvgIpc) is 4.27. The van der Waals surface area contributed by atoms with Crippen molar-refractivity contribution in [3.63, 3.8) is 0 Å². The first kappa shape index (κ1) is 53.3. The Morgan fingerprint density at radius 1 is 0.274 bits per heavy atom. The molecular weight excluding hydrogens is 932 g/mol. The normalized spacial score (nSPS) is 11.9. The van der Waals surface area contributed by atoms with Gasteiger partial charge < -0.3 is 9.97 Å². The van der Waals surface area contributed by atoms with E-state index < -0.39 is 0 Å². The van der Waals surface area contributed by atoms with E-state index in [1.54, 1.807) is 0 Å². The van der Waals surface area contributed by atoms with Crippen molar-refractivity contribution in [3.8, 4) is 44.5 Å². The van der Waals surface area contributed by atoms with E-state index in [9.17, 15) is 0 Å². The van der Waals surface area contributed by atoms with Crippen LogP contribution < -0.4 is 9.97 Å². The molecule has 0 unspecified atom stereocenters. The van der Waals surface area contributed by atoms with Crippen molar-refractivity contribution < 1.29 is 16.8 Å². The topological polar surface area (TPSA) is 54.0 Å². The molecule has 377 valence electrons. The van der Waals surface area contributed by atoms with Gasteiger partial charge in [-0.2, -0.15) is 0 Å². The van der Waals surface area contributed by atoms with Gasteiger partial charge in [0, 0.05) is 0 Å². The first-order valence-corrected chi connectivity index (χ1v) is 28.0. The monoisotopic (exact) mass is 1010 g/mol. The van der Waals surface area contributed by atoms with Crippen LogP contribution in [0.15, 0.2) is 121 Å². The fourth-order valence-corrected chi connectivity index (χ4v) is 10.6. The molecular formula is C68H76CoN4. The maximum Gasteiger partial charge on any atom is 2.00 e. The van der Waals surface area contributed by atoms with Gasteiger partial charge in [-0.3, -0.25) is 0 Å². The van der Waals surface area contributed by atoms with E-state index in [1.807, 2.05) is 0 Å². The summed E-state index contributed by atoms with van der Waals surface area (Å²) in [5, 5.41) is 0. The van der Waals surface area contributed by atoms with Crippen molar-refractivity contribution >= 4 is 46.4 Å². The Morgan fingerprint density at radius 2 is 0.493 bits per heavy atom. The van der Waals surface area contributed by atoms with Crippen molar-refractivity contribution in [2.24, 2.45) is 0 Å². The number of benzene rings is 4. The van der Waals surface area contributed by atoms with E-state index in [-0.39, 0.29) is 16.8 Å². The Bertz CT molecular complexity index is 2680. The van der Waals surface area contributed by atoms with E-state index in [0.717, 1.165) is 115 Å². The third kappa shape index (κ3) is 13.4. The smallest absolute Gasteiger partial charge is 0.657 e. The minimum absolute atomic E-state index is 0. The van der Waals surface area contributed by atoms with Crippen LogP contribution in [-0.2, 0) is 42.5 Å². The summed E-state index contributed by atoms with van der Waals surface area (Å²) in [5.74, 6) is 0. The second kappa shape index (κ2) is 26.8. The number of unbranched alkanes of at least 4 members (excludes halogenated alkanes) is 12. The molecule has 0 atom stereocenters. The van der Waals surface area contributed by atoms with E-state index in [2.05, 4.69) is 173 Å². The molecule has 2 aliphatic heterocycles. The summed E-state index contributed by atoms with van der Waals surface area (Å²) in [7, 11) is 0. The maximum absolute atomic E-state index is 5.58. The predicted octanol–water partition coefficient (Wildman–Crippen LogP) is 19.1. The fraction of sp³-hybridized carbons (Fsp3) is 0.353. The van der Waals surface area contributed by atoms with Crippen LogP contribution in [-0.4, -0.2) is 9.97 Å². The molecule has 2 aliphatic rings. The summed E-state index contributed by atoms with van der Waals surface area (Å²) in [5.41, 5.74) is 21.2. The van der Waals surface area contributed by atoms with Gasteiger partial charge in [0.05, 0.1) is 22.8 Å². The predicted molar refractivity (Wildman–Crippen MR) is 310 cm³/mol. The third-order valence-corrected chi connectivity index (χ3v) is 14.9. The summed E-state index contributed by atoms with van der Waals surface area (Å²) in [6, 6.07) is 45.5. The fourth-order valence-electron chi connectivity index (χ4n) is 10.6. The average molecular weight is 1010 g/mol. The van der Waals surface area contributed by atoms with Crippen molar-refractivity contribution in [1.82, 2.24) is 19.9 Å². The summed E-state index contributed by atoms with van der Waals surface area (Å²) >= 11 is 0. The molecule has 4 nitrogen and oxygen atoms in total. The quantitative estimate of drug-likeness (QED) is 0.0566. The molecule has 0 saturated carbocycles. The molecule has 7 aromatic rings. The van der Waals surface area contributed by atoms with Crippen LogP contribution in [0, 0.1) is 0 Å². The van der Waals surface area contributed by atoms with Crippen molar-refractivity contribution in [1.29, 1.82) is 0 Å². The van der Waals surface area contributed by atoms with E-state index in [0.29, 0.717) is 0 Å². The second-order valence-corrected chi connectivity index (χ2v) is 20.4. The molecule has 8 bridgehead atoms. The molecule has 0 spiro atoms. The second-order valence-electron chi connectivity index (χ2n) is 20.4. The number of rotatable bonds is 24. The molecule has 5 heterocycles. The minimum Gasteiger partial charge on any atom is -0.657 e. The Kier molecular flexibility index (Phi) is 19.6. The van der Waals surface area contributed by atoms with Crippen molar-refractivity contribution in [2.75, 3.05) is 0 Å². The summed E-state index contributed by atoms with van der Waals surface area (Å²) < 4.78 is 0. The van der Waals surface area contributed by atoms with Gasteiger partial charge in [-0.1, -0.05) is 226 Å². The zero-order valence-electron chi connectivity index (χ0n) is 44.1. The molecule has 0 amide bonds. The Balaban J connectivity index is 0.00000711. The molecule has 5 heteroatoms. The van der Waals surface area contributed by atoms with Gasteiger partial charge in [0.25, 0.3) is 0 Å². The van der Waals surface area contributed by atoms with Crippen LogP contribution in [0.5, 0.6) is 0 Å². The van der Waals surface area contributed by atoms with Gasteiger partial charge in [-0.15, -0.1) is 22.1 Å². The van der Waals surface area contributed by atoms with Crippen LogP contribution >= 0.6 is 0 Å². The third-order valence-electron chi connectivity index (χ3n) is 14.9. The van der Waals surface area contributed by atoms with E-state index in [4.69, 9.17) is 19.9 Å². The molecule has 1 radical (unpaired) electrons. The molecule has 0 saturated heterocycles. The van der Waals surface area contributed by atoms with Crippen LogP contribution in [0.1, 0.15) is 175 Å².